The van der Waals surface area contributed by atoms with Crippen LogP contribution in [-0.4, -0.2) is 52.3 Å². The maximum atomic E-state index is 13.5. The Kier molecular flexibility index (Phi) is 11.6. The second-order valence-electron chi connectivity index (χ2n) is 16.0. The highest BCUT2D eigenvalue weighted by Gasteiger charge is 2.52. The molecule has 302 valence electrons. The summed E-state index contributed by atoms with van der Waals surface area (Å²) in [5.41, 5.74) is 7.27. The van der Waals surface area contributed by atoms with E-state index in [9.17, 15) is 19.2 Å². The van der Waals surface area contributed by atoms with Crippen LogP contribution in [0.1, 0.15) is 102 Å². The van der Waals surface area contributed by atoms with E-state index in [0.717, 1.165) is 67.8 Å². The van der Waals surface area contributed by atoms with Crippen LogP contribution in [0.25, 0.3) is 0 Å². The number of rotatable bonds is 15. The van der Waals surface area contributed by atoms with Gasteiger partial charge >= 0.3 is 0 Å². The summed E-state index contributed by atoms with van der Waals surface area (Å²) in [6.45, 7) is 4.94. The van der Waals surface area contributed by atoms with Gasteiger partial charge in [0, 0.05) is 67.3 Å². The first-order valence-corrected chi connectivity index (χ1v) is 21.0. The summed E-state index contributed by atoms with van der Waals surface area (Å²) in [6, 6.07) is 24.5. The van der Waals surface area contributed by atoms with Crippen molar-refractivity contribution in [3.8, 4) is 11.5 Å². The minimum atomic E-state index is -1.70. The highest BCUT2D eigenvalue weighted by Crippen LogP contribution is 2.37. The second-order valence-corrected chi connectivity index (χ2v) is 16.8. The number of carbonyl (C=O) groups excluding carboxylic acids is 4. The van der Waals surface area contributed by atoms with E-state index in [4.69, 9.17) is 32.7 Å². The molecule has 0 bridgehead atoms. The number of benzene rings is 4. The lowest BCUT2D eigenvalue weighted by atomic mass is 10.0. The fourth-order valence-electron chi connectivity index (χ4n) is 8.99. The molecule has 10 nitrogen and oxygen atoms in total. The number of aryl methyl sites for hydroxylation is 4. The molecule has 0 spiro atoms. The molecule has 8 rings (SSSR count). The second kappa shape index (κ2) is 16.9. The third kappa shape index (κ3) is 8.39. The van der Waals surface area contributed by atoms with E-state index in [1.54, 1.807) is 0 Å². The van der Waals surface area contributed by atoms with Gasteiger partial charge in [0.2, 0.25) is 29.4 Å². The van der Waals surface area contributed by atoms with Crippen LogP contribution in [0.5, 0.6) is 11.5 Å². The lowest BCUT2D eigenvalue weighted by Gasteiger charge is -2.42. The number of ether oxygens (including phenoxy) is 2. The van der Waals surface area contributed by atoms with Crippen molar-refractivity contribution in [1.82, 2.24) is 20.4 Å². The van der Waals surface area contributed by atoms with Gasteiger partial charge in [-0.3, -0.25) is 24.1 Å². The molecule has 12 heteroatoms. The maximum Gasteiger partial charge on any atom is 0.232 e. The summed E-state index contributed by atoms with van der Waals surface area (Å²) in [5, 5.41) is 8.86. The number of hydrogen-bond donors (Lipinski definition) is 2. The number of amides is 4. The molecule has 58 heavy (non-hydrogen) atoms. The van der Waals surface area contributed by atoms with Gasteiger partial charge < -0.3 is 20.1 Å². The predicted octanol–water partition coefficient (Wildman–Crippen LogP) is 8.01. The van der Waals surface area contributed by atoms with Crippen LogP contribution in [-0.2, 0) is 45.1 Å². The van der Waals surface area contributed by atoms with Crippen molar-refractivity contribution in [3.05, 3.63) is 127 Å². The molecule has 0 aromatic heterocycles. The van der Waals surface area contributed by atoms with Gasteiger partial charge in [0.25, 0.3) is 0 Å². The van der Waals surface area contributed by atoms with E-state index < -0.39 is 17.5 Å². The molecule has 2 N–H and O–H groups in total. The summed E-state index contributed by atoms with van der Waals surface area (Å²) in [4.78, 5) is 55.5. The molecule has 4 aromatic rings. The molecule has 2 saturated heterocycles. The first-order chi connectivity index (χ1) is 28.0. The molecule has 4 aromatic carbocycles. The monoisotopic (exact) mass is 822 g/mol. The van der Waals surface area contributed by atoms with E-state index in [1.807, 2.05) is 62.4 Å². The lowest BCUT2D eigenvalue weighted by Crippen LogP contribution is -2.62. The minimum Gasteiger partial charge on any atom is -0.493 e. The Balaban J connectivity index is 0.996. The molecular formula is C46H48Cl2N4O6. The first kappa shape index (κ1) is 40.1. The number of imide groups is 2. The zero-order chi connectivity index (χ0) is 40.6. The van der Waals surface area contributed by atoms with Crippen LogP contribution in [0, 0.1) is 13.8 Å². The Labute approximate surface area is 349 Å². The van der Waals surface area contributed by atoms with Gasteiger partial charge in [-0.05, 0) is 120 Å². The van der Waals surface area contributed by atoms with Crippen molar-refractivity contribution < 1.29 is 28.7 Å². The van der Waals surface area contributed by atoms with E-state index >= 15 is 0 Å². The maximum absolute atomic E-state index is 13.5. The normalized spacial score (nSPS) is 19.9. The van der Waals surface area contributed by atoms with Crippen molar-refractivity contribution >= 4 is 46.8 Å². The Bertz CT molecular complexity index is 2250. The number of carbonyl (C=O) groups is 4. The number of fused-ring (bicyclic) bond motifs is 2. The van der Waals surface area contributed by atoms with Gasteiger partial charge in [-0.2, -0.15) is 0 Å². The van der Waals surface area contributed by atoms with E-state index in [2.05, 4.69) is 34.9 Å². The van der Waals surface area contributed by atoms with Crippen LogP contribution >= 0.6 is 23.2 Å². The van der Waals surface area contributed by atoms with Gasteiger partial charge in [0.15, 0.2) is 0 Å². The van der Waals surface area contributed by atoms with Crippen LogP contribution in [0.15, 0.2) is 72.8 Å². The first-order valence-electron chi connectivity index (χ1n) is 20.2. The highest BCUT2D eigenvalue weighted by atomic mass is 35.5. The molecule has 2 heterocycles. The number of halogens is 2. The van der Waals surface area contributed by atoms with Crippen molar-refractivity contribution in [3.63, 3.8) is 0 Å². The predicted molar refractivity (Wildman–Crippen MR) is 222 cm³/mol. The van der Waals surface area contributed by atoms with Crippen molar-refractivity contribution in [2.75, 3.05) is 13.2 Å². The SMILES string of the molecule is Cc1cc(CN[C@H]2CCc3cc(Cl)ccc32)ccc1OCCC(CN1C(=O)CCC1=O)(Oc1ccc(CN[C@@H]2CCc3cc(Cl)ccc32)cc1C)N1C(=O)CCC1=O. The van der Waals surface area contributed by atoms with E-state index in [-0.39, 0.29) is 69.2 Å². The van der Waals surface area contributed by atoms with E-state index in [1.165, 1.54) is 22.3 Å². The van der Waals surface area contributed by atoms with Crippen LogP contribution in [0.4, 0.5) is 0 Å². The highest BCUT2D eigenvalue weighted by molar-refractivity contribution is 6.31. The van der Waals surface area contributed by atoms with Gasteiger partial charge in [-0.1, -0.05) is 59.6 Å². The average Bonchev–Trinajstić information content (AvgIpc) is 3.97. The Morgan fingerprint density at radius 2 is 1.14 bits per heavy atom. The molecule has 0 saturated carbocycles. The summed E-state index contributed by atoms with van der Waals surface area (Å²) in [7, 11) is 0. The zero-order valence-corrected chi connectivity index (χ0v) is 34.4. The largest absolute Gasteiger partial charge is 0.493 e. The topological polar surface area (TPSA) is 117 Å². The zero-order valence-electron chi connectivity index (χ0n) is 32.9. The molecule has 2 fully saturated rings. The number of nitrogens with zero attached hydrogens (tertiary/aromatic N) is 2. The molecule has 3 atom stereocenters. The number of likely N-dealkylation sites (tertiary alicyclic amines) is 2. The number of hydrogen-bond acceptors (Lipinski definition) is 8. The van der Waals surface area contributed by atoms with Crippen LogP contribution in [0.2, 0.25) is 10.0 Å². The molecule has 1 unspecified atom stereocenters. The van der Waals surface area contributed by atoms with Gasteiger partial charge in [-0.15, -0.1) is 0 Å². The summed E-state index contributed by atoms with van der Waals surface area (Å²) in [6.07, 6.45) is 4.14. The Morgan fingerprint density at radius 3 is 1.66 bits per heavy atom. The third-order valence-electron chi connectivity index (χ3n) is 12.0. The Hall–Kier alpha value is -4.74. The van der Waals surface area contributed by atoms with Crippen LogP contribution < -0.4 is 20.1 Å². The fourth-order valence-corrected chi connectivity index (χ4v) is 9.38. The summed E-state index contributed by atoms with van der Waals surface area (Å²) < 4.78 is 13.2. The molecule has 4 aliphatic rings. The van der Waals surface area contributed by atoms with E-state index in [0.29, 0.717) is 24.6 Å². The Morgan fingerprint density at radius 1 is 0.638 bits per heavy atom. The van der Waals surface area contributed by atoms with Gasteiger partial charge in [0.1, 0.15) is 11.5 Å². The third-order valence-corrected chi connectivity index (χ3v) is 12.5. The fraction of sp³-hybridized carbons (Fsp3) is 0.391. The van der Waals surface area contributed by atoms with Crippen LogP contribution in [0.3, 0.4) is 0 Å². The molecular weight excluding hydrogens is 775 g/mol. The molecule has 2 aliphatic carbocycles. The van der Waals surface area contributed by atoms with Crippen molar-refractivity contribution in [1.29, 1.82) is 0 Å². The number of nitrogens with one attached hydrogen (secondary N) is 2. The quantitative estimate of drug-likeness (QED) is 0.116. The molecule has 0 radical (unpaired) electrons. The van der Waals surface area contributed by atoms with Gasteiger partial charge in [-0.25, -0.2) is 4.90 Å². The molecule has 4 amide bonds. The lowest BCUT2D eigenvalue weighted by molar-refractivity contribution is -0.171. The minimum absolute atomic E-state index is 0.0155. The molecule has 2 aliphatic heterocycles. The average molecular weight is 824 g/mol. The van der Waals surface area contributed by atoms with Gasteiger partial charge in [0.05, 0.1) is 13.2 Å². The summed E-state index contributed by atoms with van der Waals surface area (Å²) in [5.74, 6) is -0.471. The smallest absolute Gasteiger partial charge is 0.232 e. The van der Waals surface area contributed by atoms with Crippen molar-refractivity contribution in [2.24, 2.45) is 0 Å². The van der Waals surface area contributed by atoms with Crippen molar-refractivity contribution in [2.45, 2.75) is 103 Å². The summed E-state index contributed by atoms with van der Waals surface area (Å²) >= 11 is 12.4. The standard InChI is InChI=1S/C46H48Cl2N4O6/c1-28-21-30(25-49-38-11-5-32-23-34(47)7-9-36(32)38)3-13-40(28)57-20-19-46(52-44(55)17-18-45(52)56,27-51-42(53)15-16-43(51)54)58-41-14-4-31(22-29(41)2)26-50-39-12-6-33-24-35(48)8-10-37(33)39/h3-4,7-10,13-14,21-24,38-39,49-50H,5-6,11-12,15-20,25-27H2,1-2H3/t38-,39+,46?/m0/s1.